The molecule has 5 heteroatoms. The van der Waals surface area contributed by atoms with E-state index >= 15 is 4.39 Å². The summed E-state index contributed by atoms with van der Waals surface area (Å²) in [5, 5.41) is 4.02. The van der Waals surface area contributed by atoms with E-state index in [1.807, 2.05) is 13.0 Å². The van der Waals surface area contributed by atoms with E-state index in [9.17, 15) is 4.79 Å². The molecule has 1 aromatic carbocycles. The molecule has 1 aliphatic rings. The zero-order chi connectivity index (χ0) is 17.3. The van der Waals surface area contributed by atoms with Crippen molar-refractivity contribution in [2.24, 2.45) is 5.73 Å². The number of hydrogen-bond donors (Lipinski definition) is 3. The third-order valence-corrected chi connectivity index (χ3v) is 5.12. The second kappa shape index (κ2) is 6.93. The van der Waals surface area contributed by atoms with Gasteiger partial charge in [0, 0.05) is 22.2 Å². The number of aromatic nitrogens is 1. The Morgan fingerprint density at radius 1 is 1.38 bits per heavy atom. The fourth-order valence-electron chi connectivity index (χ4n) is 3.91. The summed E-state index contributed by atoms with van der Waals surface area (Å²) in [5.41, 5.74) is 9.04. The Hall–Kier alpha value is -1.88. The molecule has 3 rings (SSSR count). The lowest BCUT2D eigenvalue weighted by Gasteiger charge is -2.25. The normalized spacial score (nSPS) is 16.0. The standard InChI is InChI=1S/C19H26FN3O/c1-3-4-5-13-10-14-17(15(19(21)24)11(2)23-14)16(18(13)20)12-6-8-22-9-7-12/h10,12,22-23H,3-9H2,1-2H3,(H2,21,24). The molecule has 1 aromatic heterocycles. The van der Waals surface area contributed by atoms with Gasteiger partial charge in [-0.2, -0.15) is 0 Å². The summed E-state index contributed by atoms with van der Waals surface area (Å²) in [5.74, 6) is -0.498. The maximum Gasteiger partial charge on any atom is 0.251 e. The van der Waals surface area contributed by atoms with Crippen LogP contribution in [0.1, 0.15) is 65.7 Å². The van der Waals surface area contributed by atoms with Crippen molar-refractivity contribution in [1.29, 1.82) is 0 Å². The molecular formula is C19H26FN3O. The van der Waals surface area contributed by atoms with E-state index in [1.165, 1.54) is 0 Å². The fraction of sp³-hybridized carbons (Fsp3) is 0.526. The van der Waals surface area contributed by atoms with Crippen LogP contribution in [0.15, 0.2) is 6.07 Å². The highest BCUT2D eigenvalue weighted by molar-refractivity contribution is 6.09. The Morgan fingerprint density at radius 2 is 2.08 bits per heavy atom. The van der Waals surface area contributed by atoms with E-state index < -0.39 is 5.91 Å². The molecule has 24 heavy (non-hydrogen) atoms. The number of primary amides is 1. The van der Waals surface area contributed by atoms with Crippen molar-refractivity contribution in [2.45, 2.75) is 51.9 Å². The van der Waals surface area contributed by atoms with Crippen molar-refractivity contribution < 1.29 is 9.18 Å². The molecular weight excluding hydrogens is 305 g/mol. The minimum atomic E-state index is -0.491. The third-order valence-electron chi connectivity index (χ3n) is 5.12. The Balaban J connectivity index is 2.25. The quantitative estimate of drug-likeness (QED) is 0.784. The van der Waals surface area contributed by atoms with Crippen LogP contribution in [-0.2, 0) is 6.42 Å². The zero-order valence-corrected chi connectivity index (χ0v) is 14.5. The predicted octanol–water partition coefficient (Wildman–Crippen LogP) is 3.52. The van der Waals surface area contributed by atoms with Crippen LogP contribution in [0.5, 0.6) is 0 Å². The Kier molecular flexibility index (Phi) is 4.90. The monoisotopic (exact) mass is 331 g/mol. The van der Waals surface area contributed by atoms with E-state index in [1.54, 1.807) is 0 Å². The lowest BCUT2D eigenvalue weighted by atomic mass is 9.84. The van der Waals surface area contributed by atoms with Crippen molar-refractivity contribution in [3.05, 3.63) is 34.3 Å². The van der Waals surface area contributed by atoms with Gasteiger partial charge in [-0.1, -0.05) is 13.3 Å². The first-order valence-electron chi connectivity index (χ1n) is 8.88. The first-order valence-corrected chi connectivity index (χ1v) is 8.88. The maximum atomic E-state index is 15.4. The summed E-state index contributed by atoms with van der Waals surface area (Å²) >= 11 is 0. The summed E-state index contributed by atoms with van der Waals surface area (Å²) < 4.78 is 15.4. The number of fused-ring (bicyclic) bond motifs is 1. The van der Waals surface area contributed by atoms with Gasteiger partial charge in [0.1, 0.15) is 5.82 Å². The Labute approximate surface area is 142 Å². The van der Waals surface area contributed by atoms with Crippen LogP contribution in [-0.4, -0.2) is 24.0 Å². The van der Waals surface area contributed by atoms with Gasteiger partial charge in [0.25, 0.3) is 5.91 Å². The van der Waals surface area contributed by atoms with Gasteiger partial charge in [-0.15, -0.1) is 0 Å². The summed E-state index contributed by atoms with van der Waals surface area (Å²) in [6.45, 7) is 5.68. The first-order chi connectivity index (χ1) is 11.5. The highest BCUT2D eigenvalue weighted by atomic mass is 19.1. The van der Waals surface area contributed by atoms with Crippen molar-refractivity contribution in [3.8, 4) is 0 Å². The minimum Gasteiger partial charge on any atom is -0.366 e. The van der Waals surface area contributed by atoms with Crippen molar-refractivity contribution in [2.75, 3.05) is 13.1 Å². The van der Waals surface area contributed by atoms with Crippen LogP contribution in [0.3, 0.4) is 0 Å². The maximum absolute atomic E-state index is 15.4. The molecule has 0 radical (unpaired) electrons. The summed E-state index contributed by atoms with van der Waals surface area (Å²) in [7, 11) is 0. The Morgan fingerprint density at radius 3 is 2.71 bits per heavy atom. The lowest BCUT2D eigenvalue weighted by molar-refractivity contribution is 0.100. The number of benzene rings is 1. The molecule has 0 spiro atoms. The van der Waals surface area contributed by atoms with Gasteiger partial charge >= 0.3 is 0 Å². The highest BCUT2D eigenvalue weighted by Crippen LogP contribution is 2.38. The largest absolute Gasteiger partial charge is 0.366 e. The smallest absolute Gasteiger partial charge is 0.251 e. The average molecular weight is 331 g/mol. The molecule has 130 valence electrons. The van der Waals surface area contributed by atoms with Gasteiger partial charge < -0.3 is 16.0 Å². The molecule has 0 aliphatic carbocycles. The number of nitrogens with one attached hydrogen (secondary N) is 2. The number of nitrogens with two attached hydrogens (primary N) is 1. The molecule has 2 heterocycles. The summed E-state index contributed by atoms with van der Waals surface area (Å²) in [4.78, 5) is 15.2. The number of unbranched alkanes of at least 4 members (excludes halogenated alkanes) is 1. The van der Waals surface area contributed by atoms with Gasteiger partial charge in [-0.05, 0) is 63.2 Å². The molecule has 1 fully saturated rings. The first kappa shape index (κ1) is 17.0. The number of H-pyrrole nitrogens is 1. The number of aromatic amines is 1. The molecule has 1 aliphatic heterocycles. The topological polar surface area (TPSA) is 70.9 Å². The predicted molar refractivity (Wildman–Crippen MR) is 95.0 cm³/mol. The van der Waals surface area contributed by atoms with E-state index in [0.29, 0.717) is 16.5 Å². The molecule has 0 saturated carbocycles. The van der Waals surface area contributed by atoms with Crippen molar-refractivity contribution in [3.63, 3.8) is 0 Å². The van der Waals surface area contributed by atoms with Crippen LogP contribution in [0.25, 0.3) is 10.9 Å². The number of carbonyl (C=O) groups excluding carboxylic acids is 1. The fourth-order valence-corrected chi connectivity index (χ4v) is 3.91. The third kappa shape index (κ3) is 2.93. The molecule has 1 saturated heterocycles. The SMILES string of the molecule is CCCCc1cc2[nH]c(C)c(C(N)=O)c2c(C2CCNCC2)c1F. The van der Waals surface area contributed by atoms with Gasteiger partial charge in [-0.3, -0.25) is 4.79 Å². The second-order valence-corrected chi connectivity index (χ2v) is 6.80. The van der Waals surface area contributed by atoms with Crippen molar-refractivity contribution >= 4 is 16.8 Å². The molecule has 0 unspecified atom stereocenters. The average Bonchev–Trinajstić information content (AvgIpc) is 2.89. The van der Waals surface area contributed by atoms with Crippen LogP contribution < -0.4 is 11.1 Å². The van der Waals surface area contributed by atoms with Gasteiger partial charge in [-0.25, -0.2) is 4.39 Å². The summed E-state index contributed by atoms with van der Waals surface area (Å²) in [6, 6.07) is 1.87. The molecule has 2 aromatic rings. The zero-order valence-electron chi connectivity index (χ0n) is 14.5. The Bertz CT molecular complexity index is 760. The van der Waals surface area contributed by atoms with E-state index in [0.717, 1.165) is 62.0 Å². The van der Waals surface area contributed by atoms with E-state index in [2.05, 4.69) is 17.2 Å². The number of carbonyl (C=O) groups is 1. The molecule has 4 nitrogen and oxygen atoms in total. The van der Waals surface area contributed by atoms with E-state index in [4.69, 9.17) is 5.73 Å². The number of amides is 1. The van der Waals surface area contributed by atoms with Crippen molar-refractivity contribution in [1.82, 2.24) is 10.3 Å². The number of piperidine rings is 1. The molecule has 4 N–H and O–H groups in total. The van der Waals surface area contributed by atoms with Crippen LogP contribution in [0, 0.1) is 12.7 Å². The highest BCUT2D eigenvalue weighted by Gasteiger charge is 2.27. The molecule has 0 bridgehead atoms. The van der Waals surface area contributed by atoms with E-state index in [-0.39, 0.29) is 11.7 Å². The van der Waals surface area contributed by atoms with Gasteiger partial charge in [0.15, 0.2) is 0 Å². The number of halogens is 1. The molecule has 1 amide bonds. The van der Waals surface area contributed by atoms with Crippen LogP contribution in [0.2, 0.25) is 0 Å². The minimum absolute atomic E-state index is 0.128. The van der Waals surface area contributed by atoms with Gasteiger partial charge in [0.2, 0.25) is 0 Å². The van der Waals surface area contributed by atoms with Crippen LogP contribution >= 0.6 is 0 Å². The lowest BCUT2D eigenvalue weighted by Crippen LogP contribution is -2.27. The number of aryl methyl sites for hydroxylation is 2. The second-order valence-electron chi connectivity index (χ2n) is 6.80. The number of rotatable bonds is 5. The van der Waals surface area contributed by atoms with Gasteiger partial charge in [0.05, 0.1) is 5.56 Å². The van der Waals surface area contributed by atoms with Crippen LogP contribution in [0.4, 0.5) is 4.39 Å². The molecule has 0 atom stereocenters. The number of hydrogen-bond acceptors (Lipinski definition) is 2. The summed E-state index contributed by atoms with van der Waals surface area (Å²) in [6.07, 6.45) is 4.46.